The van der Waals surface area contributed by atoms with Gasteiger partial charge in [0.1, 0.15) is 5.69 Å². The summed E-state index contributed by atoms with van der Waals surface area (Å²) in [6.07, 6.45) is 0. The van der Waals surface area contributed by atoms with E-state index < -0.39 is 5.97 Å². The van der Waals surface area contributed by atoms with E-state index in [0.717, 1.165) is 33.2 Å². The molecule has 0 aliphatic heterocycles. The van der Waals surface area contributed by atoms with Gasteiger partial charge in [0, 0.05) is 41.1 Å². The number of aryl methyl sites for hydroxylation is 1. The molecule has 4 nitrogen and oxygen atoms in total. The number of aromatic carboxylic acids is 1. The van der Waals surface area contributed by atoms with Gasteiger partial charge in [-0.15, -0.1) is 0 Å². The summed E-state index contributed by atoms with van der Waals surface area (Å²) >= 11 is 5.95. The molecule has 30 heavy (non-hydrogen) atoms. The number of para-hydroxylation sites is 1. The van der Waals surface area contributed by atoms with Crippen LogP contribution in [0.2, 0.25) is 5.02 Å². The Morgan fingerprint density at radius 2 is 1.67 bits per heavy atom. The van der Waals surface area contributed by atoms with Gasteiger partial charge in [-0.25, -0.2) is 4.79 Å². The van der Waals surface area contributed by atoms with Crippen molar-refractivity contribution in [2.75, 3.05) is 0 Å². The highest BCUT2D eigenvalue weighted by molar-refractivity contribution is 6.30. The monoisotopic (exact) mass is 418 g/mol. The molecule has 2 N–H and O–H groups in total. The van der Waals surface area contributed by atoms with E-state index in [0.29, 0.717) is 30.4 Å². The second kappa shape index (κ2) is 8.74. The molecule has 0 fully saturated rings. The average Bonchev–Trinajstić information content (AvgIpc) is 3.05. The lowest BCUT2D eigenvalue weighted by atomic mass is 10.1. The van der Waals surface area contributed by atoms with E-state index in [2.05, 4.69) is 18.3 Å². The number of halogens is 1. The van der Waals surface area contributed by atoms with Crippen LogP contribution in [0.3, 0.4) is 0 Å². The Kier molecular flexibility index (Phi) is 5.88. The lowest BCUT2D eigenvalue weighted by Gasteiger charge is -2.12. The van der Waals surface area contributed by atoms with Crippen LogP contribution < -0.4 is 5.32 Å². The third kappa shape index (κ3) is 4.11. The molecule has 0 radical (unpaired) electrons. The minimum atomic E-state index is -0.914. The number of aromatic nitrogens is 1. The molecule has 0 saturated heterocycles. The van der Waals surface area contributed by atoms with Gasteiger partial charge in [0.2, 0.25) is 0 Å². The van der Waals surface area contributed by atoms with Crippen molar-refractivity contribution in [2.45, 2.75) is 26.6 Å². The Hall–Kier alpha value is -3.08. The molecule has 4 aromatic rings. The molecule has 0 saturated carbocycles. The molecule has 3 aromatic carbocycles. The molecule has 152 valence electrons. The number of hydrogen-bond donors (Lipinski definition) is 2. The second-order valence-corrected chi connectivity index (χ2v) is 7.83. The third-order valence-corrected chi connectivity index (χ3v) is 5.66. The van der Waals surface area contributed by atoms with Crippen molar-refractivity contribution in [1.82, 2.24) is 9.88 Å². The van der Waals surface area contributed by atoms with Crippen LogP contribution in [0.1, 0.15) is 32.7 Å². The number of nitrogens with zero attached hydrogens (tertiary/aromatic N) is 1. The maximum absolute atomic E-state index is 12.3. The van der Waals surface area contributed by atoms with Crippen LogP contribution in [0.15, 0.2) is 72.8 Å². The maximum atomic E-state index is 12.3. The highest BCUT2D eigenvalue weighted by atomic mass is 35.5. The van der Waals surface area contributed by atoms with Crippen molar-refractivity contribution in [3.8, 4) is 0 Å². The predicted octanol–water partition coefficient (Wildman–Crippen LogP) is 5.64. The summed E-state index contributed by atoms with van der Waals surface area (Å²) in [6.45, 7) is 3.67. The van der Waals surface area contributed by atoms with E-state index in [1.165, 1.54) is 0 Å². The number of carboxylic acids is 1. The molecular formula is C25H23ClN2O2. The summed E-state index contributed by atoms with van der Waals surface area (Å²) in [7, 11) is 0. The number of rotatable bonds is 7. The summed E-state index contributed by atoms with van der Waals surface area (Å²) < 4.78 is 1.92. The van der Waals surface area contributed by atoms with Crippen LogP contribution >= 0.6 is 11.6 Å². The zero-order valence-corrected chi connectivity index (χ0v) is 17.5. The van der Waals surface area contributed by atoms with E-state index in [9.17, 15) is 9.90 Å². The van der Waals surface area contributed by atoms with Crippen molar-refractivity contribution >= 4 is 28.5 Å². The van der Waals surface area contributed by atoms with E-state index in [1.54, 1.807) is 0 Å². The fraction of sp³-hybridized carbons (Fsp3) is 0.160. The highest BCUT2D eigenvalue weighted by Gasteiger charge is 2.22. The minimum absolute atomic E-state index is 0.336. The van der Waals surface area contributed by atoms with Crippen LogP contribution in [-0.2, 0) is 19.6 Å². The molecule has 0 spiro atoms. The summed E-state index contributed by atoms with van der Waals surface area (Å²) in [5, 5.41) is 15.1. The van der Waals surface area contributed by atoms with Crippen molar-refractivity contribution in [3.05, 3.63) is 106 Å². The topological polar surface area (TPSA) is 54.3 Å². The molecule has 0 unspecified atom stereocenters. The van der Waals surface area contributed by atoms with Gasteiger partial charge >= 0.3 is 5.97 Å². The smallest absolute Gasteiger partial charge is 0.352 e. The zero-order valence-electron chi connectivity index (χ0n) is 16.7. The Bertz CT molecular complexity index is 1200. The third-order valence-electron chi connectivity index (χ3n) is 5.41. The second-order valence-electron chi connectivity index (χ2n) is 7.39. The van der Waals surface area contributed by atoms with E-state index in [4.69, 9.17) is 11.6 Å². The van der Waals surface area contributed by atoms with Crippen molar-refractivity contribution in [2.24, 2.45) is 0 Å². The van der Waals surface area contributed by atoms with Crippen molar-refractivity contribution in [3.63, 3.8) is 0 Å². The molecule has 4 rings (SSSR count). The van der Waals surface area contributed by atoms with E-state index in [1.807, 2.05) is 71.3 Å². The van der Waals surface area contributed by atoms with Gasteiger partial charge in [-0.05, 0) is 41.8 Å². The SMILES string of the molecule is Cc1ccccc1Cn1c(C(=O)O)c(CNCc2ccc(Cl)cc2)c2ccccc21. The molecule has 0 amide bonds. The molecule has 0 atom stereocenters. The molecule has 5 heteroatoms. The van der Waals surface area contributed by atoms with E-state index in [-0.39, 0.29) is 0 Å². The molecule has 0 aliphatic rings. The fourth-order valence-electron chi connectivity index (χ4n) is 3.85. The Balaban J connectivity index is 1.70. The summed E-state index contributed by atoms with van der Waals surface area (Å²) in [6, 6.07) is 23.6. The normalized spacial score (nSPS) is 11.1. The predicted molar refractivity (Wildman–Crippen MR) is 121 cm³/mol. The first kappa shape index (κ1) is 20.2. The zero-order chi connectivity index (χ0) is 21.1. The first-order chi connectivity index (χ1) is 14.5. The van der Waals surface area contributed by atoms with Crippen LogP contribution in [0.25, 0.3) is 10.9 Å². The first-order valence-corrected chi connectivity index (χ1v) is 10.3. The number of fused-ring (bicyclic) bond motifs is 1. The lowest BCUT2D eigenvalue weighted by Crippen LogP contribution is -2.17. The minimum Gasteiger partial charge on any atom is -0.477 e. The quantitative estimate of drug-likeness (QED) is 0.408. The molecule has 1 aromatic heterocycles. The number of hydrogen-bond acceptors (Lipinski definition) is 2. The Labute approximate surface area is 180 Å². The fourth-order valence-corrected chi connectivity index (χ4v) is 3.98. The van der Waals surface area contributed by atoms with Gasteiger partial charge in [0.25, 0.3) is 0 Å². The van der Waals surface area contributed by atoms with Gasteiger partial charge in [-0.3, -0.25) is 0 Å². The number of carboxylic acid groups (broad SMARTS) is 1. The van der Waals surface area contributed by atoms with Gasteiger partial charge < -0.3 is 15.0 Å². The number of carbonyl (C=O) groups is 1. The van der Waals surface area contributed by atoms with Crippen LogP contribution in [-0.4, -0.2) is 15.6 Å². The molecule has 0 aliphatic carbocycles. The van der Waals surface area contributed by atoms with Crippen LogP contribution in [0, 0.1) is 6.92 Å². The van der Waals surface area contributed by atoms with Crippen molar-refractivity contribution in [1.29, 1.82) is 0 Å². The lowest BCUT2D eigenvalue weighted by molar-refractivity contribution is 0.0684. The Morgan fingerprint density at radius 1 is 0.967 bits per heavy atom. The maximum Gasteiger partial charge on any atom is 0.352 e. The summed E-state index contributed by atoms with van der Waals surface area (Å²) in [5.41, 5.74) is 5.43. The van der Waals surface area contributed by atoms with Gasteiger partial charge in [-0.2, -0.15) is 0 Å². The van der Waals surface area contributed by atoms with Gasteiger partial charge in [-0.1, -0.05) is 66.2 Å². The standard InChI is InChI=1S/C25H23ClN2O2/c1-17-6-2-3-7-19(17)16-28-23-9-5-4-8-21(23)22(24(28)25(29)30)15-27-14-18-10-12-20(26)13-11-18/h2-13,27H,14-16H2,1H3,(H,29,30). The largest absolute Gasteiger partial charge is 0.477 e. The van der Waals surface area contributed by atoms with Crippen LogP contribution in [0.4, 0.5) is 0 Å². The van der Waals surface area contributed by atoms with Gasteiger partial charge in [0.15, 0.2) is 0 Å². The summed E-state index contributed by atoms with van der Waals surface area (Å²) in [5.74, 6) is -0.914. The number of benzene rings is 3. The average molecular weight is 419 g/mol. The number of nitrogens with one attached hydrogen (secondary N) is 1. The summed E-state index contributed by atoms with van der Waals surface area (Å²) in [4.78, 5) is 12.3. The molecule has 1 heterocycles. The Morgan fingerprint density at radius 3 is 2.40 bits per heavy atom. The molecule has 0 bridgehead atoms. The highest BCUT2D eigenvalue weighted by Crippen LogP contribution is 2.28. The van der Waals surface area contributed by atoms with Gasteiger partial charge in [0.05, 0.1) is 0 Å². The first-order valence-electron chi connectivity index (χ1n) is 9.87. The van der Waals surface area contributed by atoms with Crippen molar-refractivity contribution < 1.29 is 9.90 Å². The van der Waals surface area contributed by atoms with E-state index >= 15 is 0 Å². The molecular weight excluding hydrogens is 396 g/mol. The van der Waals surface area contributed by atoms with Crippen LogP contribution in [0.5, 0.6) is 0 Å².